The summed E-state index contributed by atoms with van der Waals surface area (Å²) < 4.78 is 10.6. The highest BCUT2D eigenvalue weighted by Gasteiger charge is 2.06. The molecule has 0 saturated carbocycles. The van der Waals surface area contributed by atoms with Crippen LogP contribution in [0.1, 0.15) is 12.5 Å². The summed E-state index contributed by atoms with van der Waals surface area (Å²) >= 11 is 0. The molecule has 2 heteroatoms. The molecule has 0 aromatic heterocycles. The van der Waals surface area contributed by atoms with Crippen LogP contribution in [-0.4, -0.2) is 13.7 Å². The fourth-order valence-corrected chi connectivity index (χ4v) is 1.13. The standard InChI is InChI=1S/C11H13O2/c1-4-9-7-6-8-10(13-5-2)11(9)12-3/h6-8H,1,5H2,2-3H3. The lowest BCUT2D eigenvalue weighted by Gasteiger charge is -2.10. The molecule has 0 aliphatic heterocycles. The van der Waals surface area contributed by atoms with Crippen LogP contribution in [0.25, 0.3) is 0 Å². The Balaban J connectivity index is 3.10. The molecule has 1 aromatic carbocycles. The van der Waals surface area contributed by atoms with E-state index in [1.807, 2.05) is 25.1 Å². The van der Waals surface area contributed by atoms with E-state index in [4.69, 9.17) is 9.47 Å². The predicted molar refractivity (Wildman–Crippen MR) is 52.1 cm³/mol. The second kappa shape index (κ2) is 4.55. The van der Waals surface area contributed by atoms with Crippen molar-refractivity contribution in [2.45, 2.75) is 6.92 Å². The van der Waals surface area contributed by atoms with Gasteiger partial charge in [0.1, 0.15) is 0 Å². The Hall–Kier alpha value is -1.44. The average Bonchev–Trinajstić information content (AvgIpc) is 2.18. The van der Waals surface area contributed by atoms with Gasteiger partial charge in [0, 0.05) is 5.56 Å². The maximum atomic E-state index is 5.38. The maximum Gasteiger partial charge on any atom is 0.168 e. The fourth-order valence-electron chi connectivity index (χ4n) is 1.13. The van der Waals surface area contributed by atoms with E-state index in [-0.39, 0.29) is 0 Å². The smallest absolute Gasteiger partial charge is 0.168 e. The Kier molecular flexibility index (Phi) is 3.38. The molecule has 0 aliphatic rings. The van der Waals surface area contributed by atoms with Crippen molar-refractivity contribution >= 4 is 0 Å². The zero-order chi connectivity index (χ0) is 9.68. The molecule has 1 aromatic rings. The van der Waals surface area contributed by atoms with Gasteiger partial charge >= 0.3 is 0 Å². The summed E-state index contributed by atoms with van der Waals surface area (Å²) in [6, 6.07) is 5.64. The molecule has 0 atom stereocenters. The van der Waals surface area contributed by atoms with Gasteiger partial charge in [-0.25, -0.2) is 0 Å². The van der Waals surface area contributed by atoms with E-state index in [1.54, 1.807) is 7.11 Å². The molecular formula is C11H13O2. The van der Waals surface area contributed by atoms with Gasteiger partial charge in [-0.1, -0.05) is 18.7 Å². The topological polar surface area (TPSA) is 18.5 Å². The first-order chi connectivity index (χ1) is 6.33. The average molecular weight is 177 g/mol. The molecule has 0 aliphatic carbocycles. The van der Waals surface area contributed by atoms with E-state index >= 15 is 0 Å². The van der Waals surface area contributed by atoms with Gasteiger partial charge in [0.2, 0.25) is 0 Å². The number of benzene rings is 1. The summed E-state index contributed by atoms with van der Waals surface area (Å²) in [5.41, 5.74) is 0.827. The van der Waals surface area contributed by atoms with Crippen molar-refractivity contribution in [1.82, 2.24) is 0 Å². The van der Waals surface area contributed by atoms with E-state index < -0.39 is 0 Å². The molecule has 1 radical (unpaired) electrons. The first-order valence-corrected chi connectivity index (χ1v) is 4.16. The molecule has 13 heavy (non-hydrogen) atoms. The molecule has 0 unspecified atom stereocenters. The van der Waals surface area contributed by atoms with Crippen molar-refractivity contribution in [2.75, 3.05) is 13.7 Å². The zero-order valence-electron chi connectivity index (χ0n) is 7.96. The minimum Gasteiger partial charge on any atom is -0.492 e. The Morgan fingerprint density at radius 3 is 2.77 bits per heavy atom. The third-order valence-electron chi connectivity index (χ3n) is 1.67. The van der Waals surface area contributed by atoms with Gasteiger partial charge in [-0.05, 0) is 19.1 Å². The number of hydrogen-bond donors (Lipinski definition) is 0. The number of rotatable bonds is 4. The van der Waals surface area contributed by atoms with Crippen LogP contribution in [0.4, 0.5) is 0 Å². The lowest BCUT2D eigenvalue weighted by atomic mass is 10.2. The molecule has 0 amide bonds. The molecule has 0 N–H and O–H groups in total. The number of ether oxygens (including phenoxy) is 2. The molecule has 0 heterocycles. The van der Waals surface area contributed by atoms with Crippen molar-refractivity contribution in [3.05, 3.63) is 36.4 Å². The summed E-state index contributed by atoms with van der Waals surface area (Å²) in [6.45, 7) is 6.14. The molecule has 0 fully saturated rings. The van der Waals surface area contributed by atoms with Crippen LogP contribution in [-0.2, 0) is 0 Å². The SMILES string of the molecule is C=[C]c1cccc(OCC)c1OC. The number of methoxy groups -OCH3 is 1. The lowest BCUT2D eigenvalue weighted by molar-refractivity contribution is 0.310. The minimum absolute atomic E-state index is 0.622. The van der Waals surface area contributed by atoms with Crippen LogP contribution in [0.5, 0.6) is 11.5 Å². The van der Waals surface area contributed by atoms with Crippen molar-refractivity contribution < 1.29 is 9.47 Å². The summed E-state index contributed by atoms with van der Waals surface area (Å²) in [6.07, 6.45) is 2.79. The van der Waals surface area contributed by atoms with E-state index in [1.165, 1.54) is 0 Å². The van der Waals surface area contributed by atoms with Crippen LogP contribution in [0.15, 0.2) is 24.8 Å². The van der Waals surface area contributed by atoms with Gasteiger partial charge in [-0.2, -0.15) is 0 Å². The van der Waals surface area contributed by atoms with Gasteiger partial charge in [-0.15, -0.1) is 0 Å². The van der Waals surface area contributed by atoms with Gasteiger partial charge in [0.25, 0.3) is 0 Å². The summed E-state index contributed by atoms with van der Waals surface area (Å²) in [4.78, 5) is 0. The second-order valence-corrected chi connectivity index (χ2v) is 2.45. The van der Waals surface area contributed by atoms with Crippen LogP contribution in [0, 0.1) is 6.08 Å². The van der Waals surface area contributed by atoms with E-state index in [2.05, 4.69) is 12.7 Å². The maximum absolute atomic E-state index is 5.38. The number of para-hydroxylation sites is 1. The third kappa shape index (κ3) is 2.02. The Labute approximate surface area is 78.8 Å². The minimum atomic E-state index is 0.622. The first-order valence-electron chi connectivity index (χ1n) is 4.16. The molecule has 2 nitrogen and oxygen atoms in total. The normalized spacial score (nSPS) is 9.38. The predicted octanol–water partition coefficient (Wildman–Crippen LogP) is 2.43. The van der Waals surface area contributed by atoms with Gasteiger partial charge < -0.3 is 9.47 Å². The van der Waals surface area contributed by atoms with Gasteiger partial charge in [0.05, 0.1) is 13.7 Å². The highest BCUT2D eigenvalue weighted by Crippen LogP contribution is 2.30. The monoisotopic (exact) mass is 177 g/mol. The van der Waals surface area contributed by atoms with E-state index in [9.17, 15) is 0 Å². The summed E-state index contributed by atoms with van der Waals surface area (Å²) in [5, 5.41) is 0. The summed E-state index contributed by atoms with van der Waals surface area (Å²) in [5.74, 6) is 1.43. The van der Waals surface area contributed by atoms with Crippen LogP contribution in [0.3, 0.4) is 0 Å². The number of hydrogen-bond acceptors (Lipinski definition) is 2. The molecule has 0 bridgehead atoms. The highest BCUT2D eigenvalue weighted by atomic mass is 16.5. The van der Waals surface area contributed by atoms with Crippen molar-refractivity contribution in [3.63, 3.8) is 0 Å². The third-order valence-corrected chi connectivity index (χ3v) is 1.67. The first kappa shape index (κ1) is 9.65. The van der Waals surface area contributed by atoms with Gasteiger partial charge in [-0.3, -0.25) is 0 Å². The molecule has 0 spiro atoms. The second-order valence-electron chi connectivity index (χ2n) is 2.45. The van der Waals surface area contributed by atoms with E-state index in [0.29, 0.717) is 12.4 Å². The summed E-state index contributed by atoms with van der Waals surface area (Å²) in [7, 11) is 1.61. The highest BCUT2D eigenvalue weighted by molar-refractivity contribution is 5.48. The lowest BCUT2D eigenvalue weighted by Crippen LogP contribution is -1.96. The van der Waals surface area contributed by atoms with Crippen LogP contribution < -0.4 is 9.47 Å². The molecule has 0 saturated heterocycles. The Morgan fingerprint density at radius 1 is 1.46 bits per heavy atom. The van der Waals surface area contributed by atoms with Crippen molar-refractivity contribution in [3.8, 4) is 11.5 Å². The quantitative estimate of drug-likeness (QED) is 0.703. The van der Waals surface area contributed by atoms with Crippen LogP contribution in [0.2, 0.25) is 0 Å². The molecule has 69 valence electrons. The molecule has 1 rings (SSSR count). The van der Waals surface area contributed by atoms with Crippen molar-refractivity contribution in [2.24, 2.45) is 0 Å². The molecular weight excluding hydrogens is 164 g/mol. The van der Waals surface area contributed by atoms with Crippen LogP contribution >= 0.6 is 0 Å². The van der Waals surface area contributed by atoms with E-state index in [0.717, 1.165) is 11.3 Å². The Bertz CT molecular complexity index is 292. The van der Waals surface area contributed by atoms with Crippen molar-refractivity contribution in [1.29, 1.82) is 0 Å². The van der Waals surface area contributed by atoms with Gasteiger partial charge in [0.15, 0.2) is 11.5 Å². The Morgan fingerprint density at radius 2 is 2.23 bits per heavy atom. The fraction of sp³-hybridized carbons (Fsp3) is 0.273. The largest absolute Gasteiger partial charge is 0.492 e. The zero-order valence-corrected chi connectivity index (χ0v) is 7.96.